The van der Waals surface area contributed by atoms with Crippen LogP contribution in [0.15, 0.2) is 0 Å². The molecule has 0 aromatic heterocycles. The van der Waals surface area contributed by atoms with Gasteiger partial charge < -0.3 is 0 Å². The molecule has 4 heteroatoms. The van der Waals surface area contributed by atoms with E-state index in [1.165, 1.54) is 11.8 Å². The molecule has 0 aromatic rings. The number of halogens is 3. The smallest absolute Gasteiger partial charge is 0.290 e. The third kappa shape index (κ3) is 1.67. The Balaban J connectivity index is 2.47. The molecule has 0 bridgehead atoms. The molecular weight excluding hydrogens is 155 g/mol. The SMILES string of the molecule is CC1CCN1[C@@H](C)C(F)(F)F. The molecular formula is C7H12F3N. The van der Waals surface area contributed by atoms with E-state index in [-0.39, 0.29) is 6.04 Å². The maximum Gasteiger partial charge on any atom is 0.403 e. The van der Waals surface area contributed by atoms with E-state index in [1.54, 1.807) is 0 Å². The predicted octanol–water partition coefficient (Wildman–Crippen LogP) is 2.03. The lowest BCUT2D eigenvalue weighted by Crippen LogP contribution is -2.55. The van der Waals surface area contributed by atoms with Crippen LogP contribution in [-0.2, 0) is 0 Å². The average molecular weight is 167 g/mol. The highest BCUT2D eigenvalue weighted by molar-refractivity contribution is 4.86. The van der Waals surface area contributed by atoms with Crippen LogP contribution >= 0.6 is 0 Å². The molecule has 1 nitrogen and oxygen atoms in total. The number of likely N-dealkylation sites (tertiary alicyclic amines) is 1. The van der Waals surface area contributed by atoms with E-state index in [9.17, 15) is 13.2 Å². The van der Waals surface area contributed by atoms with Crippen LogP contribution in [-0.4, -0.2) is 29.7 Å². The minimum Gasteiger partial charge on any atom is -0.290 e. The largest absolute Gasteiger partial charge is 0.403 e. The van der Waals surface area contributed by atoms with Gasteiger partial charge in [0.2, 0.25) is 0 Å². The molecule has 1 rings (SSSR count). The van der Waals surface area contributed by atoms with Gasteiger partial charge in [0.1, 0.15) is 6.04 Å². The molecule has 0 amide bonds. The molecule has 0 aliphatic carbocycles. The summed E-state index contributed by atoms with van der Waals surface area (Å²) in [6, 6.07) is -1.17. The molecule has 1 heterocycles. The van der Waals surface area contributed by atoms with E-state index in [0.29, 0.717) is 6.54 Å². The Labute approximate surface area is 64.2 Å². The van der Waals surface area contributed by atoms with Crippen LogP contribution in [0.5, 0.6) is 0 Å². The minimum atomic E-state index is -4.06. The van der Waals surface area contributed by atoms with Crippen molar-refractivity contribution < 1.29 is 13.2 Å². The Kier molecular flexibility index (Phi) is 2.14. The maximum absolute atomic E-state index is 12.1. The molecule has 1 aliphatic heterocycles. The van der Waals surface area contributed by atoms with Gasteiger partial charge in [0, 0.05) is 12.6 Å². The highest BCUT2D eigenvalue weighted by atomic mass is 19.4. The molecule has 0 N–H and O–H groups in total. The second-order valence-corrected chi connectivity index (χ2v) is 3.09. The van der Waals surface area contributed by atoms with Crippen LogP contribution in [0, 0.1) is 0 Å². The van der Waals surface area contributed by atoms with Crippen molar-refractivity contribution in [2.75, 3.05) is 6.54 Å². The highest BCUT2D eigenvalue weighted by Gasteiger charge is 2.44. The molecule has 1 aliphatic rings. The fraction of sp³-hybridized carbons (Fsp3) is 1.00. The summed E-state index contributed by atoms with van der Waals surface area (Å²) in [6.45, 7) is 3.63. The molecule has 0 spiro atoms. The number of nitrogens with zero attached hydrogens (tertiary/aromatic N) is 1. The maximum atomic E-state index is 12.1. The molecule has 0 saturated carbocycles. The number of rotatable bonds is 1. The second-order valence-electron chi connectivity index (χ2n) is 3.09. The van der Waals surface area contributed by atoms with Gasteiger partial charge >= 0.3 is 6.18 Å². The van der Waals surface area contributed by atoms with Gasteiger partial charge in [0.25, 0.3) is 0 Å². The monoisotopic (exact) mass is 167 g/mol. The van der Waals surface area contributed by atoms with Crippen LogP contribution < -0.4 is 0 Å². The fourth-order valence-corrected chi connectivity index (χ4v) is 1.30. The molecule has 0 aromatic carbocycles. The number of alkyl halides is 3. The quantitative estimate of drug-likeness (QED) is 0.577. The van der Waals surface area contributed by atoms with Crippen LogP contribution in [0.4, 0.5) is 13.2 Å². The summed E-state index contributed by atoms with van der Waals surface area (Å²) in [6.07, 6.45) is -3.17. The van der Waals surface area contributed by atoms with Crippen molar-refractivity contribution in [1.29, 1.82) is 0 Å². The lowest BCUT2D eigenvalue weighted by molar-refractivity contribution is -0.195. The van der Waals surface area contributed by atoms with Gasteiger partial charge in [-0.15, -0.1) is 0 Å². The summed E-state index contributed by atoms with van der Waals surface area (Å²) in [7, 11) is 0. The normalized spacial score (nSPS) is 29.7. The first kappa shape index (κ1) is 8.84. The van der Waals surface area contributed by atoms with Crippen molar-refractivity contribution in [2.45, 2.75) is 38.5 Å². The van der Waals surface area contributed by atoms with Gasteiger partial charge in [-0.3, -0.25) is 4.90 Å². The van der Waals surface area contributed by atoms with Gasteiger partial charge in [-0.1, -0.05) is 0 Å². The third-order valence-electron chi connectivity index (χ3n) is 2.34. The van der Waals surface area contributed by atoms with Crippen LogP contribution in [0.25, 0.3) is 0 Å². The third-order valence-corrected chi connectivity index (χ3v) is 2.34. The van der Waals surface area contributed by atoms with E-state index in [4.69, 9.17) is 0 Å². The molecule has 1 fully saturated rings. The van der Waals surface area contributed by atoms with Gasteiger partial charge in [0.15, 0.2) is 0 Å². The molecule has 11 heavy (non-hydrogen) atoms. The van der Waals surface area contributed by atoms with Crippen molar-refractivity contribution in [2.24, 2.45) is 0 Å². The first-order chi connectivity index (χ1) is 4.93. The molecule has 0 radical (unpaired) electrons. The van der Waals surface area contributed by atoms with Gasteiger partial charge in [-0.2, -0.15) is 13.2 Å². The van der Waals surface area contributed by atoms with Gasteiger partial charge in [0.05, 0.1) is 0 Å². The first-order valence-electron chi connectivity index (χ1n) is 3.75. The van der Waals surface area contributed by atoms with E-state index in [0.717, 1.165) is 6.42 Å². The molecule has 66 valence electrons. The molecule has 2 atom stereocenters. The van der Waals surface area contributed by atoms with Crippen LogP contribution in [0.2, 0.25) is 0 Å². The Morgan fingerprint density at radius 1 is 1.45 bits per heavy atom. The summed E-state index contributed by atoms with van der Waals surface area (Å²) < 4.78 is 36.2. The fourth-order valence-electron chi connectivity index (χ4n) is 1.30. The lowest BCUT2D eigenvalue weighted by Gasteiger charge is -2.43. The number of hydrogen-bond acceptors (Lipinski definition) is 1. The second kappa shape index (κ2) is 2.66. The zero-order valence-corrected chi connectivity index (χ0v) is 6.65. The van der Waals surface area contributed by atoms with Crippen molar-refractivity contribution in [3.05, 3.63) is 0 Å². The predicted molar refractivity (Wildman–Crippen MR) is 36.3 cm³/mol. The average Bonchev–Trinajstić information content (AvgIpc) is 1.83. The number of hydrogen-bond donors (Lipinski definition) is 0. The van der Waals surface area contributed by atoms with E-state index >= 15 is 0 Å². The van der Waals surface area contributed by atoms with Crippen LogP contribution in [0.1, 0.15) is 20.3 Å². The summed E-state index contributed by atoms with van der Waals surface area (Å²) in [5.74, 6) is 0. The molecule has 1 saturated heterocycles. The Morgan fingerprint density at radius 2 is 2.00 bits per heavy atom. The summed E-state index contributed by atoms with van der Waals surface area (Å²) in [4.78, 5) is 1.47. The van der Waals surface area contributed by atoms with Gasteiger partial charge in [-0.05, 0) is 20.3 Å². The van der Waals surface area contributed by atoms with E-state index < -0.39 is 12.2 Å². The van der Waals surface area contributed by atoms with Gasteiger partial charge in [-0.25, -0.2) is 0 Å². The summed E-state index contributed by atoms with van der Waals surface area (Å²) >= 11 is 0. The zero-order valence-electron chi connectivity index (χ0n) is 6.65. The Morgan fingerprint density at radius 3 is 2.09 bits per heavy atom. The van der Waals surface area contributed by atoms with Crippen molar-refractivity contribution in [3.63, 3.8) is 0 Å². The topological polar surface area (TPSA) is 3.24 Å². The van der Waals surface area contributed by atoms with Crippen LogP contribution in [0.3, 0.4) is 0 Å². The summed E-state index contributed by atoms with van der Waals surface area (Å²) in [5.41, 5.74) is 0. The Hall–Kier alpha value is -0.250. The lowest BCUT2D eigenvalue weighted by atomic mass is 10.0. The minimum absolute atomic E-state index is 0.103. The Bertz CT molecular complexity index is 143. The zero-order chi connectivity index (χ0) is 8.65. The first-order valence-corrected chi connectivity index (χ1v) is 3.75. The van der Waals surface area contributed by atoms with E-state index in [1.807, 2.05) is 6.92 Å². The summed E-state index contributed by atoms with van der Waals surface area (Å²) in [5, 5.41) is 0. The van der Waals surface area contributed by atoms with E-state index in [2.05, 4.69) is 0 Å². The van der Waals surface area contributed by atoms with Crippen molar-refractivity contribution >= 4 is 0 Å². The molecule has 1 unspecified atom stereocenters. The van der Waals surface area contributed by atoms with Crippen molar-refractivity contribution in [3.8, 4) is 0 Å². The highest BCUT2D eigenvalue weighted by Crippen LogP contribution is 2.30. The standard InChI is InChI=1S/C7H12F3N/c1-5-3-4-11(5)6(2)7(8,9)10/h5-6H,3-4H2,1-2H3/t5?,6-/m0/s1. The van der Waals surface area contributed by atoms with Crippen molar-refractivity contribution in [1.82, 2.24) is 4.90 Å².